The maximum Gasteiger partial charge on any atom is 0.305 e. The van der Waals surface area contributed by atoms with Crippen LogP contribution in [0.1, 0.15) is 33.9 Å². The summed E-state index contributed by atoms with van der Waals surface area (Å²) in [5, 5.41) is 20.7. The highest BCUT2D eigenvalue weighted by atomic mass is 16.5. The molecule has 6 nitrogen and oxygen atoms in total. The summed E-state index contributed by atoms with van der Waals surface area (Å²) in [7, 11) is 1.54. The first kappa shape index (κ1) is 17.0. The first-order chi connectivity index (χ1) is 11.5. The van der Waals surface area contributed by atoms with Crippen molar-refractivity contribution in [1.82, 2.24) is 5.32 Å². The van der Waals surface area contributed by atoms with Crippen LogP contribution in [0, 0.1) is 11.3 Å². The van der Waals surface area contributed by atoms with Gasteiger partial charge in [0.2, 0.25) is 0 Å². The molecule has 1 amide bonds. The van der Waals surface area contributed by atoms with E-state index in [1.54, 1.807) is 42.5 Å². The molecule has 0 aliphatic carbocycles. The average molecular weight is 324 g/mol. The summed E-state index contributed by atoms with van der Waals surface area (Å²) in [5.74, 6) is -0.822. The standard InChI is InChI=1S/C18H16N2O4/c1-24-15-7-5-13(6-8-15)16(10-17(21)22)20-18(23)14-4-2-3-12(9-14)11-19/h2-9,16H,10H2,1H3,(H,20,23)(H,21,22). The van der Waals surface area contributed by atoms with Gasteiger partial charge in [-0.25, -0.2) is 0 Å². The van der Waals surface area contributed by atoms with Crippen molar-refractivity contribution in [3.05, 3.63) is 65.2 Å². The lowest BCUT2D eigenvalue weighted by atomic mass is 10.0. The summed E-state index contributed by atoms with van der Waals surface area (Å²) >= 11 is 0. The molecule has 2 aromatic rings. The van der Waals surface area contributed by atoms with E-state index in [0.29, 0.717) is 22.4 Å². The van der Waals surface area contributed by atoms with Gasteiger partial charge in [-0.05, 0) is 35.9 Å². The van der Waals surface area contributed by atoms with Gasteiger partial charge in [0.15, 0.2) is 0 Å². The number of rotatable bonds is 6. The van der Waals surface area contributed by atoms with Gasteiger partial charge in [0, 0.05) is 5.56 Å². The number of hydrogen-bond donors (Lipinski definition) is 2. The van der Waals surface area contributed by atoms with E-state index in [0.717, 1.165) is 0 Å². The maximum atomic E-state index is 12.4. The Morgan fingerprint density at radius 3 is 2.54 bits per heavy atom. The Labute approximate surface area is 139 Å². The Morgan fingerprint density at radius 1 is 1.25 bits per heavy atom. The lowest BCUT2D eigenvalue weighted by Gasteiger charge is -2.18. The summed E-state index contributed by atoms with van der Waals surface area (Å²) in [6.45, 7) is 0. The fourth-order valence-electron chi connectivity index (χ4n) is 2.23. The molecular formula is C18H16N2O4. The number of carbonyl (C=O) groups excluding carboxylic acids is 1. The number of aliphatic carboxylic acids is 1. The van der Waals surface area contributed by atoms with Gasteiger partial charge in [-0.1, -0.05) is 18.2 Å². The van der Waals surface area contributed by atoms with Gasteiger partial charge in [0.05, 0.1) is 31.2 Å². The van der Waals surface area contributed by atoms with Gasteiger partial charge >= 0.3 is 5.97 Å². The van der Waals surface area contributed by atoms with Crippen molar-refractivity contribution < 1.29 is 19.4 Å². The number of hydrogen-bond acceptors (Lipinski definition) is 4. The van der Waals surface area contributed by atoms with E-state index in [2.05, 4.69) is 5.32 Å². The molecule has 0 radical (unpaired) electrons. The topological polar surface area (TPSA) is 99.4 Å². The van der Waals surface area contributed by atoms with Crippen LogP contribution in [0.3, 0.4) is 0 Å². The van der Waals surface area contributed by atoms with Gasteiger partial charge < -0.3 is 15.2 Å². The summed E-state index contributed by atoms with van der Waals surface area (Å²) < 4.78 is 5.07. The monoisotopic (exact) mass is 324 g/mol. The fourth-order valence-corrected chi connectivity index (χ4v) is 2.23. The van der Waals surface area contributed by atoms with Crippen molar-refractivity contribution in [1.29, 1.82) is 5.26 Å². The number of ether oxygens (including phenoxy) is 1. The lowest BCUT2D eigenvalue weighted by molar-refractivity contribution is -0.137. The van der Waals surface area contributed by atoms with Crippen LogP contribution in [0.25, 0.3) is 0 Å². The molecule has 2 aromatic carbocycles. The van der Waals surface area contributed by atoms with Crippen molar-refractivity contribution in [2.24, 2.45) is 0 Å². The van der Waals surface area contributed by atoms with E-state index < -0.39 is 17.9 Å². The smallest absolute Gasteiger partial charge is 0.305 e. The highest BCUT2D eigenvalue weighted by Gasteiger charge is 2.19. The molecule has 2 rings (SSSR count). The highest BCUT2D eigenvalue weighted by molar-refractivity contribution is 5.95. The Kier molecular flexibility index (Phi) is 5.53. The zero-order chi connectivity index (χ0) is 17.5. The van der Waals surface area contributed by atoms with E-state index in [9.17, 15) is 9.59 Å². The molecule has 0 aromatic heterocycles. The fraction of sp³-hybridized carbons (Fsp3) is 0.167. The molecule has 122 valence electrons. The second kappa shape index (κ2) is 7.79. The number of nitriles is 1. The maximum absolute atomic E-state index is 12.4. The predicted octanol–water partition coefficient (Wildman–Crippen LogP) is 2.51. The molecular weight excluding hydrogens is 308 g/mol. The summed E-state index contributed by atoms with van der Waals surface area (Å²) in [4.78, 5) is 23.5. The van der Waals surface area contributed by atoms with E-state index >= 15 is 0 Å². The predicted molar refractivity (Wildman–Crippen MR) is 86.6 cm³/mol. The van der Waals surface area contributed by atoms with Crippen molar-refractivity contribution in [2.45, 2.75) is 12.5 Å². The minimum absolute atomic E-state index is 0.254. The number of carboxylic acid groups (broad SMARTS) is 1. The third-order valence-corrected chi connectivity index (χ3v) is 3.46. The minimum Gasteiger partial charge on any atom is -0.497 e. The molecule has 24 heavy (non-hydrogen) atoms. The molecule has 0 fully saturated rings. The van der Waals surface area contributed by atoms with Crippen molar-refractivity contribution in [3.63, 3.8) is 0 Å². The molecule has 0 aliphatic heterocycles. The van der Waals surface area contributed by atoms with E-state index in [1.165, 1.54) is 13.2 Å². The number of nitrogens with one attached hydrogen (secondary N) is 1. The average Bonchev–Trinajstić information content (AvgIpc) is 2.60. The lowest BCUT2D eigenvalue weighted by Crippen LogP contribution is -2.30. The Hall–Kier alpha value is -3.33. The SMILES string of the molecule is COc1ccc(C(CC(=O)O)NC(=O)c2cccc(C#N)c2)cc1. The summed E-state index contributed by atoms with van der Waals surface area (Å²) in [6, 6.07) is 14.3. The van der Waals surface area contributed by atoms with Crippen LogP contribution >= 0.6 is 0 Å². The van der Waals surface area contributed by atoms with Gasteiger partial charge in [0.1, 0.15) is 5.75 Å². The second-order valence-electron chi connectivity index (χ2n) is 5.09. The van der Waals surface area contributed by atoms with Crippen molar-refractivity contribution in [3.8, 4) is 11.8 Å². The number of carboxylic acids is 1. The van der Waals surface area contributed by atoms with Crippen LogP contribution in [0.4, 0.5) is 0 Å². The Morgan fingerprint density at radius 2 is 1.96 bits per heavy atom. The van der Waals surface area contributed by atoms with Crippen LogP contribution in [-0.2, 0) is 4.79 Å². The number of benzene rings is 2. The molecule has 0 saturated heterocycles. The van der Waals surface area contributed by atoms with E-state index in [4.69, 9.17) is 15.1 Å². The van der Waals surface area contributed by atoms with Crippen LogP contribution in [-0.4, -0.2) is 24.1 Å². The molecule has 2 N–H and O–H groups in total. The molecule has 1 atom stereocenters. The third kappa shape index (κ3) is 4.34. The largest absolute Gasteiger partial charge is 0.497 e. The zero-order valence-electron chi connectivity index (χ0n) is 13.0. The van der Waals surface area contributed by atoms with Gasteiger partial charge in [0.25, 0.3) is 5.91 Å². The first-order valence-corrected chi connectivity index (χ1v) is 7.20. The molecule has 0 aliphatic rings. The quantitative estimate of drug-likeness (QED) is 0.850. The van der Waals surface area contributed by atoms with Crippen LogP contribution in [0.5, 0.6) is 5.75 Å². The van der Waals surface area contributed by atoms with Crippen molar-refractivity contribution >= 4 is 11.9 Å². The summed E-state index contributed by atoms with van der Waals surface area (Å²) in [6.07, 6.45) is -0.254. The normalized spacial score (nSPS) is 11.2. The Balaban J connectivity index is 2.22. The molecule has 0 spiro atoms. The molecule has 0 bridgehead atoms. The van der Waals surface area contributed by atoms with Crippen LogP contribution in [0.15, 0.2) is 48.5 Å². The Bertz CT molecular complexity index is 778. The highest BCUT2D eigenvalue weighted by Crippen LogP contribution is 2.21. The molecule has 0 saturated carbocycles. The van der Waals surface area contributed by atoms with E-state index in [1.807, 2.05) is 6.07 Å². The van der Waals surface area contributed by atoms with Crippen LogP contribution < -0.4 is 10.1 Å². The number of amides is 1. The van der Waals surface area contributed by atoms with Gasteiger partial charge in [-0.3, -0.25) is 9.59 Å². The minimum atomic E-state index is -1.03. The molecule has 0 heterocycles. The zero-order valence-corrected chi connectivity index (χ0v) is 13.0. The molecule has 6 heteroatoms. The first-order valence-electron chi connectivity index (χ1n) is 7.20. The molecule has 1 unspecified atom stereocenters. The summed E-state index contributed by atoms with van der Waals surface area (Å²) in [5.41, 5.74) is 1.32. The van der Waals surface area contributed by atoms with E-state index in [-0.39, 0.29) is 6.42 Å². The number of nitrogens with zero attached hydrogens (tertiary/aromatic N) is 1. The van der Waals surface area contributed by atoms with Crippen molar-refractivity contribution in [2.75, 3.05) is 7.11 Å². The van der Waals surface area contributed by atoms with Crippen LogP contribution in [0.2, 0.25) is 0 Å². The third-order valence-electron chi connectivity index (χ3n) is 3.46. The number of carbonyl (C=O) groups is 2. The van der Waals surface area contributed by atoms with Gasteiger partial charge in [-0.2, -0.15) is 5.26 Å². The van der Waals surface area contributed by atoms with Gasteiger partial charge in [-0.15, -0.1) is 0 Å². The second-order valence-corrected chi connectivity index (χ2v) is 5.09. The number of methoxy groups -OCH3 is 1.